The van der Waals surface area contributed by atoms with E-state index in [1.807, 2.05) is 0 Å². The number of hydrogen-bond donors (Lipinski definition) is 2. The number of para-hydroxylation sites is 2. The number of esters is 1. The van der Waals surface area contributed by atoms with Gasteiger partial charge in [0, 0.05) is 5.69 Å². The number of amides is 2. The van der Waals surface area contributed by atoms with Crippen molar-refractivity contribution < 1.29 is 41.0 Å². The lowest BCUT2D eigenvalue weighted by Crippen LogP contribution is -2.22. The average molecular weight is 480 g/mol. The van der Waals surface area contributed by atoms with Crippen molar-refractivity contribution in [2.24, 2.45) is 0 Å². The van der Waals surface area contributed by atoms with E-state index < -0.39 is 53.3 Å². The van der Waals surface area contributed by atoms with Crippen molar-refractivity contribution >= 4 is 23.4 Å². The maximum atomic E-state index is 13.8. The minimum atomic E-state index is -2.38. The molecule has 0 heterocycles. The molecule has 0 unspecified atom stereocenters. The second-order valence-electron chi connectivity index (χ2n) is 6.94. The molecule has 2 N–H and O–H groups in total. The molecule has 0 radical (unpaired) electrons. The highest BCUT2D eigenvalue weighted by Crippen LogP contribution is 2.32. The lowest BCUT2D eigenvalue weighted by atomic mass is 10.1. The molecule has 3 rings (SSSR count). The molecule has 0 aliphatic heterocycles. The first-order chi connectivity index (χ1) is 16.1. The minimum Gasteiger partial charge on any atom is -0.495 e. The molecule has 3 aromatic rings. The summed E-state index contributed by atoms with van der Waals surface area (Å²) in [4.78, 5) is 24.8. The Balaban J connectivity index is 1.84. The van der Waals surface area contributed by atoms with E-state index in [9.17, 15) is 31.5 Å². The Morgan fingerprint density at radius 2 is 1.44 bits per heavy atom. The molecule has 0 saturated heterocycles. The van der Waals surface area contributed by atoms with Crippen molar-refractivity contribution in [3.63, 3.8) is 0 Å². The number of anilines is 2. The van der Waals surface area contributed by atoms with E-state index in [2.05, 4.69) is 15.4 Å². The summed E-state index contributed by atoms with van der Waals surface area (Å²) in [5.74, 6) is -14.4. The molecule has 0 aliphatic carbocycles. The molecular weight excluding hydrogens is 463 g/mol. The van der Waals surface area contributed by atoms with Gasteiger partial charge >= 0.3 is 12.0 Å². The topological polar surface area (TPSA) is 76.7 Å². The normalized spacial score (nSPS) is 10.6. The average Bonchev–Trinajstić information content (AvgIpc) is 2.81. The molecule has 0 saturated carbocycles. The number of ether oxygens (including phenoxy) is 2. The van der Waals surface area contributed by atoms with Crippen LogP contribution < -0.4 is 20.1 Å². The third-order valence-electron chi connectivity index (χ3n) is 4.68. The Kier molecular flexibility index (Phi) is 7.34. The van der Waals surface area contributed by atoms with Gasteiger partial charge in [-0.2, -0.15) is 8.78 Å². The first kappa shape index (κ1) is 24.5. The number of methoxy groups -OCH3 is 1. The van der Waals surface area contributed by atoms with Gasteiger partial charge < -0.3 is 20.1 Å². The first-order valence-corrected chi connectivity index (χ1v) is 9.65. The zero-order valence-electron chi connectivity index (χ0n) is 17.8. The van der Waals surface area contributed by atoms with Crippen LogP contribution in [0.2, 0.25) is 0 Å². The van der Waals surface area contributed by atoms with Crippen molar-refractivity contribution in [3.05, 3.63) is 82.7 Å². The fourth-order valence-electron chi connectivity index (χ4n) is 3.00. The second kappa shape index (κ2) is 10.2. The molecule has 2 amide bonds. The third kappa shape index (κ3) is 5.08. The Labute approximate surface area is 190 Å². The summed E-state index contributed by atoms with van der Waals surface area (Å²) in [6.45, 7) is 1.78. The zero-order chi connectivity index (χ0) is 25.0. The van der Waals surface area contributed by atoms with Crippen LogP contribution in [0.5, 0.6) is 11.5 Å². The molecule has 34 heavy (non-hydrogen) atoms. The third-order valence-corrected chi connectivity index (χ3v) is 4.68. The Bertz CT molecular complexity index is 1240. The van der Waals surface area contributed by atoms with Crippen LogP contribution in [-0.4, -0.2) is 19.1 Å². The van der Waals surface area contributed by atoms with Gasteiger partial charge in [-0.05, 0) is 30.2 Å². The van der Waals surface area contributed by atoms with Crippen LogP contribution in [0.25, 0.3) is 0 Å². The number of halogens is 5. The fraction of sp³-hybridized carbons (Fsp3) is 0.130. The van der Waals surface area contributed by atoms with Crippen molar-refractivity contribution in [1.29, 1.82) is 0 Å². The van der Waals surface area contributed by atoms with Crippen molar-refractivity contribution in [3.8, 4) is 11.5 Å². The number of rotatable bonds is 6. The molecule has 0 fully saturated rings. The summed E-state index contributed by atoms with van der Waals surface area (Å²) in [6.07, 6.45) is -0.698. The number of hydrogen-bond acceptors (Lipinski definition) is 4. The van der Waals surface area contributed by atoms with E-state index in [0.717, 1.165) is 5.56 Å². The molecule has 0 spiro atoms. The van der Waals surface area contributed by atoms with Crippen LogP contribution in [0.1, 0.15) is 11.1 Å². The van der Waals surface area contributed by atoms with Crippen LogP contribution in [0.15, 0.2) is 42.5 Å². The number of nitrogens with one attached hydrogen (secondary N) is 2. The highest BCUT2D eigenvalue weighted by atomic mass is 19.2. The number of urea groups is 1. The number of benzene rings is 3. The van der Waals surface area contributed by atoms with Gasteiger partial charge in [0.25, 0.3) is 0 Å². The number of carbonyl (C=O) groups excluding carboxylic acids is 2. The highest BCUT2D eigenvalue weighted by Gasteiger charge is 2.29. The fourth-order valence-corrected chi connectivity index (χ4v) is 3.00. The monoisotopic (exact) mass is 480 g/mol. The molecule has 0 bridgehead atoms. The molecule has 0 atom stereocenters. The lowest BCUT2D eigenvalue weighted by Gasteiger charge is -2.16. The Hall–Kier alpha value is -4.15. The Morgan fingerprint density at radius 1 is 0.824 bits per heavy atom. The van der Waals surface area contributed by atoms with Gasteiger partial charge in [-0.1, -0.05) is 30.3 Å². The molecule has 0 aromatic heterocycles. The molecule has 11 heteroatoms. The second-order valence-corrected chi connectivity index (χ2v) is 6.94. The van der Waals surface area contributed by atoms with E-state index in [0.29, 0.717) is 5.69 Å². The van der Waals surface area contributed by atoms with Gasteiger partial charge in [0.05, 0.1) is 19.2 Å². The quantitative estimate of drug-likeness (QED) is 0.161. The van der Waals surface area contributed by atoms with Gasteiger partial charge in [-0.25, -0.2) is 18.0 Å². The summed E-state index contributed by atoms with van der Waals surface area (Å²) in [5, 5.41) is 5.15. The van der Waals surface area contributed by atoms with Crippen LogP contribution in [0, 0.1) is 36.0 Å². The summed E-state index contributed by atoms with van der Waals surface area (Å²) in [7, 11) is 1.30. The van der Waals surface area contributed by atoms with Gasteiger partial charge in [-0.3, -0.25) is 4.79 Å². The van der Waals surface area contributed by atoms with Crippen molar-refractivity contribution in [1.82, 2.24) is 0 Å². The van der Waals surface area contributed by atoms with E-state index in [1.54, 1.807) is 31.2 Å². The largest absolute Gasteiger partial charge is 0.495 e. The lowest BCUT2D eigenvalue weighted by molar-refractivity contribution is -0.134. The Morgan fingerprint density at radius 3 is 2.06 bits per heavy atom. The highest BCUT2D eigenvalue weighted by molar-refractivity contribution is 6.02. The van der Waals surface area contributed by atoms with Crippen molar-refractivity contribution in [2.45, 2.75) is 13.3 Å². The van der Waals surface area contributed by atoms with E-state index >= 15 is 0 Å². The summed E-state index contributed by atoms with van der Waals surface area (Å²) < 4.78 is 77.2. The maximum Gasteiger partial charge on any atom is 0.323 e. The smallest absolute Gasteiger partial charge is 0.323 e. The molecule has 3 aromatic carbocycles. The molecule has 178 valence electrons. The SMILES string of the molecule is COc1cccc(CC(=O)Oc2c(F)c(F)c(F)c(F)c2F)c1NC(=O)Nc1ccccc1C. The summed E-state index contributed by atoms with van der Waals surface area (Å²) >= 11 is 0. The van der Waals surface area contributed by atoms with Gasteiger partial charge in [-0.15, -0.1) is 0 Å². The predicted octanol–water partition coefficient (Wildman–Crippen LogP) is 5.49. The maximum absolute atomic E-state index is 13.8. The standard InChI is InChI=1S/C23H17F5N2O4/c1-11-6-3-4-8-13(11)29-23(32)30-21-12(7-5-9-14(21)33-2)10-15(31)34-22-19(27)17(25)16(24)18(26)20(22)28/h3-9H,10H2,1-2H3,(H2,29,30,32). The van der Waals surface area contributed by atoms with E-state index in [4.69, 9.17) is 4.74 Å². The summed E-state index contributed by atoms with van der Waals surface area (Å²) in [6, 6.07) is 10.6. The first-order valence-electron chi connectivity index (χ1n) is 9.65. The van der Waals surface area contributed by atoms with Crippen LogP contribution in [0.4, 0.5) is 38.1 Å². The minimum absolute atomic E-state index is 0.0328. The summed E-state index contributed by atoms with van der Waals surface area (Å²) in [5.41, 5.74) is 1.42. The number of carbonyl (C=O) groups is 2. The number of aryl methyl sites for hydroxylation is 1. The molecular formula is C23H17F5N2O4. The molecule has 0 aliphatic rings. The predicted molar refractivity (Wildman–Crippen MR) is 112 cm³/mol. The van der Waals surface area contributed by atoms with Crippen molar-refractivity contribution in [2.75, 3.05) is 17.7 Å². The van der Waals surface area contributed by atoms with Gasteiger partial charge in [0.1, 0.15) is 5.75 Å². The van der Waals surface area contributed by atoms with E-state index in [-0.39, 0.29) is 17.0 Å². The zero-order valence-corrected chi connectivity index (χ0v) is 17.8. The van der Waals surface area contributed by atoms with Gasteiger partial charge in [0.15, 0.2) is 0 Å². The van der Waals surface area contributed by atoms with Crippen LogP contribution in [-0.2, 0) is 11.2 Å². The molecule has 6 nitrogen and oxygen atoms in total. The van der Waals surface area contributed by atoms with Crippen LogP contribution >= 0.6 is 0 Å². The van der Waals surface area contributed by atoms with Crippen LogP contribution in [0.3, 0.4) is 0 Å². The van der Waals surface area contributed by atoms with Gasteiger partial charge in [0.2, 0.25) is 34.8 Å². The van der Waals surface area contributed by atoms with E-state index in [1.165, 1.54) is 25.3 Å².